The van der Waals surface area contributed by atoms with Gasteiger partial charge in [-0.2, -0.15) is 11.8 Å². The Morgan fingerprint density at radius 2 is 2.17 bits per heavy atom. The molecule has 24 heavy (non-hydrogen) atoms. The van der Waals surface area contributed by atoms with Crippen LogP contribution in [-0.2, 0) is 14.3 Å². The van der Waals surface area contributed by atoms with Crippen molar-refractivity contribution in [3.8, 4) is 0 Å². The summed E-state index contributed by atoms with van der Waals surface area (Å²) >= 11 is 1.84. The third-order valence-corrected chi connectivity index (χ3v) is 5.91. The van der Waals surface area contributed by atoms with Gasteiger partial charge in [0.1, 0.15) is 0 Å². The lowest BCUT2D eigenvalue weighted by atomic mass is 10.0. The number of nitrogens with one attached hydrogen (secondary N) is 3. The zero-order valence-corrected chi connectivity index (χ0v) is 14.8. The largest absolute Gasteiger partial charge is 0.479 e. The van der Waals surface area contributed by atoms with Crippen molar-refractivity contribution in [2.45, 2.75) is 55.5 Å². The summed E-state index contributed by atoms with van der Waals surface area (Å²) in [6.07, 6.45) is 2.75. The molecule has 8 nitrogen and oxygen atoms in total. The molecule has 2 saturated heterocycles. The van der Waals surface area contributed by atoms with Crippen molar-refractivity contribution < 1.29 is 24.2 Å². The van der Waals surface area contributed by atoms with Crippen LogP contribution in [0.3, 0.4) is 0 Å². The summed E-state index contributed by atoms with van der Waals surface area (Å²) in [5, 5.41) is 17.9. The number of carboxylic acid groups (broad SMARTS) is 1. The quantitative estimate of drug-likeness (QED) is 0.348. The Morgan fingerprint density at radius 3 is 2.83 bits per heavy atom. The van der Waals surface area contributed by atoms with E-state index < -0.39 is 11.5 Å². The maximum Gasteiger partial charge on any atom is 0.331 e. The molecule has 0 bridgehead atoms. The van der Waals surface area contributed by atoms with E-state index in [1.54, 1.807) is 0 Å². The minimum Gasteiger partial charge on any atom is -0.479 e. The van der Waals surface area contributed by atoms with Gasteiger partial charge in [0.15, 0.2) is 5.54 Å². The van der Waals surface area contributed by atoms with E-state index in [0.717, 1.165) is 18.6 Å². The van der Waals surface area contributed by atoms with Crippen LogP contribution in [0.4, 0.5) is 4.79 Å². The summed E-state index contributed by atoms with van der Waals surface area (Å²) in [5.41, 5.74) is -1.40. The van der Waals surface area contributed by atoms with E-state index in [-0.39, 0.29) is 37.0 Å². The van der Waals surface area contributed by atoms with E-state index >= 15 is 0 Å². The van der Waals surface area contributed by atoms with Crippen LogP contribution in [0.25, 0.3) is 0 Å². The Kier molecular flexibility index (Phi) is 6.34. The second-order valence-electron chi connectivity index (χ2n) is 6.49. The molecule has 4 atom stereocenters. The lowest BCUT2D eigenvalue weighted by molar-refractivity contribution is -0.149. The first-order chi connectivity index (χ1) is 11.4. The van der Waals surface area contributed by atoms with Gasteiger partial charge >= 0.3 is 12.0 Å². The van der Waals surface area contributed by atoms with Crippen molar-refractivity contribution >= 4 is 29.7 Å². The molecule has 0 spiro atoms. The fraction of sp³-hybridized carbons (Fsp3) is 0.800. The fourth-order valence-corrected chi connectivity index (χ4v) is 4.63. The van der Waals surface area contributed by atoms with Crippen LogP contribution >= 0.6 is 11.8 Å². The number of carbonyl (C=O) groups excluding carboxylic acids is 2. The number of urea groups is 1. The average Bonchev–Trinajstić information content (AvgIpc) is 3.03. The maximum atomic E-state index is 12.0. The first-order valence-electron chi connectivity index (χ1n) is 8.07. The molecule has 2 aliphatic rings. The van der Waals surface area contributed by atoms with Crippen molar-refractivity contribution in [2.24, 2.45) is 0 Å². The van der Waals surface area contributed by atoms with Gasteiger partial charge < -0.3 is 25.8 Å². The van der Waals surface area contributed by atoms with E-state index in [0.29, 0.717) is 11.7 Å². The van der Waals surface area contributed by atoms with Gasteiger partial charge in [-0.05, 0) is 19.8 Å². The van der Waals surface area contributed by atoms with E-state index in [2.05, 4.69) is 16.0 Å². The summed E-state index contributed by atoms with van der Waals surface area (Å²) < 4.78 is 4.87. The van der Waals surface area contributed by atoms with E-state index in [9.17, 15) is 19.5 Å². The lowest BCUT2D eigenvalue weighted by Gasteiger charge is -2.25. The smallest absolute Gasteiger partial charge is 0.331 e. The van der Waals surface area contributed by atoms with Crippen LogP contribution < -0.4 is 16.0 Å². The van der Waals surface area contributed by atoms with Crippen LogP contribution in [0, 0.1) is 0 Å². The van der Waals surface area contributed by atoms with Crippen molar-refractivity contribution in [1.29, 1.82) is 0 Å². The molecule has 4 N–H and O–H groups in total. The molecule has 0 aliphatic carbocycles. The highest BCUT2D eigenvalue weighted by Gasteiger charge is 2.42. The standard InChI is InChI=1S/C15H25N3O5S/c1-15(8-23-2,13(20)21)18-11(19)6-4-3-5-10-12-9(7-24-10)16-14(22)17-12/h9-10,12H,3-8H2,1-2H3,(H,18,19)(H,20,21)(H2,16,17,22)/t9-,10-,12-,15?/m0/s1. The monoisotopic (exact) mass is 359 g/mol. The molecule has 0 aromatic heterocycles. The van der Waals surface area contributed by atoms with Crippen LogP contribution in [-0.4, -0.2) is 65.4 Å². The van der Waals surface area contributed by atoms with Crippen LogP contribution in [0.1, 0.15) is 32.6 Å². The molecular weight excluding hydrogens is 334 g/mol. The van der Waals surface area contributed by atoms with Crippen LogP contribution in [0.5, 0.6) is 0 Å². The zero-order valence-electron chi connectivity index (χ0n) is 14.0. The van der Waals surface area contributed by atoms with Crippen LogP contribution in [0.15, 0.2) is 0 Å². The van der Waals surface area contributed by atoms with E-state index in [4.69, 9.17) is 4.74 Å². The Balaban J connectivity index is 1.68. The molecule has 0 radical (unpaired) electrons. The summed E-state index contributed by atoms with van der Waals surface area (Å²) in [6, 6.07) is 0.287. The SMILES string of the molecule is COCC(C)(NC(=O)CCCC[C@@H]1SC[C@@H]2NC(=O)N[C@@H]21)C(=O)O. The first-order valence-corrected chi connectivity index (χ1v) is 9.12. The van der Waals surface area contributed by atoms with Gasteiger partial charge in [-0.3, -0.25) is 4.79 Å². The molecule has 2 rings (SSSR count). The molecule has 2 aliphatic heterocycles. The van der Waals surface area contributed by atoms with Gasteiger partial charge in [-0.25, -0.2) is 9.59 Å². The average molecular weight is 359 g/mol. The highest BCUT2D eigenvalue weighted by molar-refractivity contribution is 8.00. The summed E-state index contributed by atoms with van der Waals surface area (Å²) in [7, 11) is 1.40. The number of amides is 3. The Hall–Kier alpha value is -1.48. The summed E-state index contributed by atoms with van der Waals surface area (Å²) in [4.78, 5) is 34.5. The fourth-order valence-electron chi connectivity index (χ4n) is 3.08. The van der Waals surface area contributed by atoms with Gasteiger partial charge in [0.25, 0.3) is 0 Å². The van der Waals surface area contributed by atoms with Crippen LogP contribution in [0.2, 0.25) is 0 Å². The van der Waals surface area contributed by atoms with Crippen molar-refractivity contribution in [1.82, 2.24) is 16.0 Å². The van der Waals surface area contributed by atoms with E-state index in [1.165, 1.54) is 14.0 Å². The Bertz CT molecular complexity index is 504. The number of hydrogen-bond acceptors (Lipinski definition) is 5. The van der Waals surface area contributed by atoms with Gasteiger partial charge in [0.05, 0.1) is 18.7 Å². The maximum absolute atomic E-state index is 12.0. The molecule has 9 heteroatoms. The number of fused-ring (bicyclic) bond motifs is 1. The molecule has 1 unspecified atom stereocenters. The topological polar surface area (TPSA) is 117 Å². The Labute approximate surface area is 145 Å². The minimum atomic E-state index is -1.40. The lowest BCUT2D eigenvalue weighted by Crippen LogP contribution is -2.55. The number of carboxylic acids is 1. The number of methoxy groups -OCH3 is 1. The van der Waals surface area contributed by atoms with Gasteiger partial charge in [-0.15, -0.1) is 0 Å². The molecule has 0 aromatic rings. The van der Waals surface area contributed by atoms with Crippen molar-refractivity contribution in [3.63, 3.8) is 0 Å². The zero-order chi connectivity index (χ0) is 17.7. The number of aliphatic carboxylic acids is 1. The highest BCUT2D eigenvalue weighted by Crippen LogP contribution is 2.33. The van der Waals surface area contributed by atoms with Gasteiger partial charge in [0.2, 0.25) is 5.91 Å². The summed E-state index contributed by atoms with van der Waals surface area (Å²) in [5.74, 6) is -0.483. The number of unbranched alkanes of at least 4 members (excludes halogenated alkanes) is 1. The minimum absolute atomic E-state index is 0.0808. The predicted octanol–water partition coefficient (Wildman–Crippen LogP) is 0.318. The second-order valence-corrected chi connectivity index (χ2v) is 7.76. The van der Waals surface area contributed by atoms with Crippen molar-refractivity contribution in [3.05, 3.63) is 0 Å². The number of carbonyl (C=O) groups is 3. The second kappa shape index (κ2) is 8.06. The molecular formula is C15H25N3O5S. The molecule has 3 amide bonds. The molecule has 0 saturated carbocycles. The number of ether oxygens (including phenoxy) is 1. The number of hydrogen-bond donors (Lipinski definition) is 4. The molecule has 0 aromatic carbocycles. The number of thioether (sulfide) groups is 1. The summed E-state index contributed by atoms with van der Waals surface area (Å²) in [6.45, 7) is 1.35. The van der Waals surface area contributed by atoms with E-state index in [1.807, 2.05) is 11.8 Å². The highest BCUT2D eigenvalue weighted by atomic mass is 32.2. The Morgan fingerprint density at radius 1 is 1.42 bits per heavy atom. The van der Waals surface area contributed by atoms with Gasteiger partial charge in [-0.1, -0.05) is 6.42 Å². The normalized spacial score (nSPS) is 27.8. The van der Waals surface area contributed by atoms with Crippen molar-refractivity contribution in [2.75, 3.05) is 19.5 Å². The third kappa shape index (κ3) is 4.54. The molecule has 2 heterocycles. The third-order valence-electron chi connectivity index (χ3n) is 4.40. The predicted molar refractivity (Wildman–Crippen MR) is 90.0 cm³/mol. The number of rotatable bonds is 9. The first kappa shape index (κ1) is 18.9. The van der Waals surface area contributed by atoms with Gasteiger partial charge in [0, 0.05) is 24.5 Å². The molecule has 2 fully saturated rings. The molecule has 136 valence electrons.